The van der Waals surface area contributed by atoms with Gasteiger partial charge >= 0.3 is 0 Å². The maximum atomic E-state index is 11.1. The number of aromatic amines is 1. The van der Waals surface area contributed by atoms with Gasteiger partial charge in [0.05, 0.1) is 6.33 Å². The van der Waals surface area contributed by atoms with Crippen LogP contribution < -0.4 is 10.5 Å². The van der Waals surface area contributed by atoms with Gasteiger partial charge in [-0.2, -0.15) is 0 Å². The summed E-state index contributed by atoms with van der Waals surface area (Å²) in [7, 11) is -0.695. The molecule has 0 bridgehead atoms. The van der Waals surface area contributed by atoms with Crippen molar-refractivity contribution >= 4 is 16.6 Å². The zero-order valence-electron chi connectivity index (χ0n) is 7.60. The van der Waals surface area contributed by atoms with E-state index >= 15 is 0 Å². The molecule has 1 aliphatic heterocycles. The normalized spacial score (nSPS) is 18.4. The van der Waals surface area contributed by atoms with Crippen molar-refractivity contribution < 1.29 is 4.21 Å². The highest BCUT2D eigenvalue weighted by Gasteiger charge is 2.16. The minimum absolute atomic E-state index is 0.151. The van der Waals surface area contributed by atoms with Gasteiger partial charge in [-0.1, -0.05) is 0 Å². The van der Waals surface area contributed by atoms with E-state index in [-0.39, 0.29) is 5.56 Å². The van der Waals surface area contributed by atoms with Gasteiger partial charge in [0.1, 0.15) is 5.82 Å². The monoisotopic (exact) mass is 213 g/mol. The second kappa shape index (κ2) is 3.91. The molecule has 1 aliphatic rings. The lowest BCUT2D eigenvalue weighted by Crippen LogP contribution is -2.38. The van der Waals surface area contributed by atoms with Gasteiger partial charge in [-0.3, -0.25) is 9.00 Å². The Morgan fingerprint density at radius 1 is 1.43 bits per heavy atom. The Hall–Kier alpha value is -1.17. The Labute approximate surface area is 83.6 Å². The lowest BCUT2D eigenvalue weighted by molar-refractivity contribution is 0.672. The van der Waals surface area contributed by atoms with Crippen LogP contribution in [0.25, 0.3) is 0 Å². The third-order valence-corrected chi connectivity index (χ3v) is 3.44. The van der Waals surface area contributed by atoms with E-state index < -0.39 is 10.8 Å². The summed E-state index contributed by atoms with van der Waals surface area (Å²) in [5.41, 5.74) is -0.151. The van der Waals surface area contributed by atoms with Crippen molar-refractivity contribution in [1.29, 1.82) is 0 Å². The Morgan fingerprint density at radius 3 is 2.79 bits per heavy atom. The number of rotatable bonds is 1. The molecular weight excluding hydrogens is 202 g/mol. The van der Waals surface area contributed by atoms with Gasteiger partial charge in [0.2, 0.25) is 0 Å². The third-order valence-electron chi connectivity index (χ3n) is 2.17. The van der Waals surface area contributed by atoms with Gasteiger partial charge in [0.25, 0.3) is 5.56 Å². The standard InChI is InChI=1S/C8H11N3O2S/c12-8-5-7(9-6-10-8)11-1-3-14(13)4-2-11/h5-6H,1-4H2,(H,9,10,12). The molecule has 1 aromatic rings. The zero-order valence-corrected chi connectivity index (χ0v) is 8.42. The first-order valence-electron chi connectivity index (χ1n) is 4.40. The smallest absolute Gasteiger partial charge is 0.252 e. The second-order valence-electron chi connectivity index (χ2n) is 3.10. The Balaban J connectivity index is 2.16. The van der Waals surface area contributed by atoms with Gasteiger partial charge in [-0.05, 0) is 0 Å². The van der Waals surface area contributed by atoms with Crippen LogP contribution in [-0.4, -0.2) is 38.8 Å². The Morgan fingerprint density at radius 2 is 2.14 bits per heavy atom. The number of hydrogen-bond donors (Lipinski definition) is 1. The van der Waals surface area contributed by atoms with E-state index in [0.29, 0.717) is 30.4 Å². The summed E-state index contributed by atoms with van der Waals surface area (Å²) >= 11 is 0. The van der Waals surface area contributed by atoms with Crippen molar-refractivity contribution in [2.75, 3.05) is 29.5 Å². The molecule has 0 saturated carbocycles. The first-order valence-corrected chi connectivity index (χ1v) is 5.89. The minimum Gasteiger partial charge on any atom is -0.355 e. The number of nitrogens with one attached hydrogen (secondary N) is 1. The molecule has 6 heteroatoms. The third kappa shape index (κ3) is 2.01. The van der Waals surface area contributed by atoms with E-state index in [4.69, 9.17) is 0 Å². The van der Waals surface area contributed by atoms with Crippen molar-refractivity contribution in [3.8, 4) is 0 Å². The molecule has 2 rings (SSSR count). The van der Waals surface area contributed by atoms with Crippen molar-refractivity contribution in [3.05, 3.63) is 22.7 Å². The fourth-order valence-electron chi connectivity index (χ4n) is 1.40. The molecule has 0 aromatic carbocycles. The minimum atomic E-state index is -0.695. The molecule has 76 valence electrons. The molecule has 0 radical (unpaired) electrons. The van der Waals surface area contributed by atoms with Crippen LogP contribution in [0.3, 0.4) is 0 Å². The van der Waals surface area contributed by atoms with E-state index in [1.807, 2.05) is 4.90 Å². The fourth-order valence-corrected chi connectivity index (χ4v) is 2.45. The van der Waals surface area contributed by atoms with Crippen LogP contribution in [0, 0.1) is 0 Å². The SMILES string of the molecule is O=c1cc(N2CCS(=O)CC2)nc[nH]1. The molecule has 14 heavy (non-hydrogen) atoms. The molecule has 2 heterocycles. The van der Waals surface area contributed by atoms with Crippen LogP contribution in [0.2, 0.25) is 0 Å². The maximum Gasteiger partial charge on any atom is 0.252 e. The molecule has 1 fully saturated rings. The molecule has 0 atom stereocenters. The van der Waals surface area contributed by atoms with E-state index in [9.17, 15) is 9.00 Å². The number of aromatic nitrogens is 2. The molecule has 5 nitrogen and oxygen atoms in total. The summed E-state index contributed by atoms with van der Waals surface area (Å²) < 4.78 is 11.1. The van der Waals surface area contributed by atoms with Crippen LogP contribution in [0.4, 0.5) is 5.82 Å². The van der Waals surface area contributed by atoms with Crippen LogP contribution in [0.5, 0.6) is 0 Å². The highest BCUT2D eigenvalue weighted by atomic mass is 32.2. The average Bonchev–Trinajstić information content (AvgIpc) is 2.19. The topological polar surface area (TPSA) is 66.1 Å². The van der Waals surface area contributed by atoms with E-state index in [2.05, 4.69) is 9.97 Å². The summed E-state index contributed by atoms with van der Waals surface area (Å²) in [5, 5.41) is 0. The van der Waals surface area contributed by atoms with E-state index in [1.165, 1.54) is 12.4 Å². The zero-order chi connectivity index (χ0) is 9.97. The van der Waals surface area contributed by atoms with Crippen molar-refractivity contribution in [2.24, 2.45) is 0 Å². The summed E-state index contributed by atoms with van der Waals surface area (Å²) in [6.45, 7) is 1.42. The lowest BCUT2D eigenvalue weighted by Gasteiger charge is -2.26. The molecule has 1 N–H and O–H groups in total. The predicted octanol–water partition coefficient (Wildman–Crippen LogP) is -0.661. The summed E-state index contributed by atoms with van der Waals surface area (Å²) in [4.78, 5) is 19.5. The summed E-state index contributed by atoms with van der Waals surface area (Å²) in [6, 6.07) is 1.47. The van der Waals surface area contributed by atoms with Gasteiger partial charge in [-0.15, -0.1) is 0 Å². The maximum absolute atomic E-state index is 11.1. The highest BCUT2D eigenvalue weighted by Crippen LogP contribution is 2.09. The predicted molar refractivity (Wildman–Crippen MR) is 54.9 cm³/mol. The van der Waals surface area contributed by atoms with Crippen LogP contribution in [0.1, 0.15) is 0 Å². The van der Waals surface area contributed by atoms with Crippen molar-refractivity contribution in [2.45, 2.75) is 0 Å². The van der Waals surface area contributed by atoms with Crippen LogP contribution in [-0.2, 0) is 10.8 Å². The van der Waals surface area contributed by atoms with E-state index in [1.54, 1.807) is 0 Å². The molecule has 1 aromatic heterocycles. The largest absolute Gasteiger partial charge is 0.355 e. The average molecular weight is 213 g/mol. The van der Waals surface area contributed by atoms with E-state index in [0.717, 1.165) is 0 Å². The van der Waals surface area contributed by atoms with Gasteiger partial charge < -0.3 is 9.88 Å². The number of nitrogens with zero attached hydrogens (tertiary/aromatic N) is 2. The summed E-state index contributed by atoms with van der Waals surface area (Å²) in [6.07, 6.45) is 1.39. The fraction of sp³-hybridized carbons (Fsp3) is 0.500. The number of anilines is 1. The highest BCUT2D eigenvalue weighted by molar-refractivity contribution is 7.85. The quantitative estimate of drug-likeness (QED) is 0.672. The van der Waals surface area contributed by atoms with Gasteiger partial charge in [0.15, 0.2) is 0 Å². The lowest BCUT2D eigenvalue weighted by atomic mass is 10.4. The Bertz CT molecular complexity index is 394. The molecule has 1 saturated heterocycles. The molecule has 0 aliphatic carbocycles. The van der Waals surface area contributed by atoms with Gasteiger partial charge in [0, 0.05) is 41.5 Å². The van der Waals surface area contributed by atoms with Crippen molar-refractivity contribution in [1.82, 2.24) is 9.97 Å². The molecular formula is C8H11N3O2S. The first kappa shape index (κ1) is 9.39. The van der Waals surface area contributed by atoms with Crippen molar-refractivity contribution in [3.63, 3.8) is 0 Å². The number of hydrogen-bond acceptors (Lipinski definition) is 4. The summed E-state index contributed by atoms with van der Waals surface area (Å²) in [5.74, 6) is 1.99. The number of H-pyrrole nitrogens is 1. The molecule has 0 unspecified atom stereocenters. The van der Waals surface area contributed by atoms with Crippen LogP contribution in [0.15, 0.2) is 17.2 Å². The first-order chi connectivity index (χ1) is 6.75. The van der Waals surface area contributed by atoms with Crippen LogP contribution >= 0.6 is 0 Å². The second-order valence-corrected chi connectivity index (χ2v) is 4.80. The molecule has 0 amide bonds. The Kier molecular flexibility index (Phi) is 2.62. The van der Waals surface area contributed by atoms with Gasteiger partial charge in [-0.25, -0.2) is 4.98 Å². The molecule has 0 spiro atoms.